The number of aromatic nitrogens is 2. The van der Waals surface area contributed by atoms with E-state index < -0.39 is 5.60 Å². The van der Waals surface area contributed by atoms with Gasteiger partial charge in [0.05, 0.1) is 11.7 Å². The van der Waals surface area contributed by atoms with Gasteiger partial charge in [0.15, 0.2) is 0 Å². The van der Waals surface area contributed by atoms with E-state index in [0.29, 0.717) is 17.7 Å². The monoisotopic (exact) mass is 339 g/mol. The molecule has 0 aliphatic rings. The van der Waals surface area contributed by atoms with Gasteiger partial charge in [-0.3, -0.25) is 9.48 Å². The quantitative estimate of drug-likeness (QED) is 0.842. The maximum atomic E-state index is 12.4. The number of aryl methyl sites for hydroxylation is 2. The minimum Gasteiger partial charge on any atom is -0.378 e. The van der Waals surface area contributed by atoms with Crippen LogP contribution in [0.25, 0.3) is 0 Å². The van der Waals surface area contributed by atoms with Crippen molar-refractivity contribution in [3.05, 3.63) is 52.8 Å². The normalized spacial score (nSPS) is 12.2. The van der Waals surface area contributed by atoms with Crippen LogP contribution in [0.5, 0.6) is 0 Å². The molecule has 1 aromatic carbocycles. The fraction of sp³-hybridized carbons (Fsp3) is 0.400. The molecule has 5 nitrogen and oxygen atoms in total. The highest BCUT2D eigenvalue weighted by molar-refractivity contribution is 5.94. The van der Waals surface area contributed by atoms with Gasteiger partial charge in [0.1, 0.15) is 5.60 Å². The van der Waals surface area contributed by atoms with E-state index in [2.05, 4.69) is 22.3 Å². The van der Waals surface area contributed by atoms with E-state index >= 15 is 0 Å². The maximum Gasteiger partial charge on any atom is 0.251 e. The lowest BCUT2D eigenvalue weighted by molar-refractivity contribution is 0.0947. The standard InChI is InChI=1S/C20H25N3O2/c1-14-11-15(2)23(22-14)16(3)13-21-19(24)18-8-6-7-17(12-18)9-10-20(4,5)25/h6-8,11-12,16,25H,13H2,1-5H3,(H,21,24)/t16-/m0/s1. The Morgan fingerprint density at radius 1 is 1.36 bits per heavy atom. The summed E-state index contributed by atoms with van der Waals surface area (Å²) in [6, 6.07) is 9.15. The van der Waals surface area contributed by atoms with Gasteiger partial charge in [-0.15, -0.1) is 0 Å². The third kappa shape index (κ3) is 5.47. The number of nitrogens with one attached hydrogen (secondary N) is 1. The summed E-state index contributed by atoms with van der Waals surface area (Å²) in [5.74, 6) is 5.48. The molecular weight excluding hydrogens is 314 g/mol. The number of hydrogen-bond acceptors (Lipinski definition) is 3. The number of carbonyl (C=O) groups is 1. The average Bonchev–Trinajstić information content (AvgIpc) is 2.88. The molecule has 2 N–H and O–H groups in total. The van der Waals surface area contributed by atoms with Crippen LogP contribution in [-0.4, -0.2) is 32.9 Å². The van der Waals surface area contributed by atoms with Crippen LogP contribution in [0.15, 0.2) is 30.3 Å². The molecule has 0 fully saturated rings. The van der Waals surface area contributed by atoms with Crippen LogP contribution in [0, 0.1) is 25.7 Å². The Kier molecular flexibility index (Phi) is 5.66. The first-order chi connectivity index (χ1) is 11.7. The third-order valence-electron chi connectivity index (χ3n) is 3.66. The fourth-order valence-electron chi connectivity index (χ4n) is 2.48. The van der Waals surface area contributed by atoms with Crippen LogP contribution in [0.2, 0.25) is 0 Å². The molecule has 0 saturated carbocycles. The Morgan fingerprint density at radius 2 is 2.08 bits per heavy atom. The number of rotatable bonds is 4. The highest BCUT2D eigenvalue weighted by Crippen LogP contribution is 2.10. The van der Waals surface area contributed by atoms with Gasteiger partial charge in [0.2, 0.25) is 0 Å². The fourth-order valence-corrected chi connectivity index (χ4v) is 2.48. The molecule has 1 atom stereocenters. The topological polar surface area (TPSA) is 67.2 Å². The zero-order valence-corrected chi connectivity index (χ0v) is 15.4. The van der Waals surface area contributed by atoms with Gasteiger partial charge in [0.25, 0.3) is 5.91 Å². The van der Waals surface area contributed by atoms with E-state index in [1.165, 1.54) is 0 Å². The van der Waals surface area contributed by atoms with E-state index in [4.69, 9.17) is 0 Å². The number of nitrogens with zero attached hydrogens (tertiary/aromatic N) is 2. The second kappa shape index (κ2) is 7.54. The Bertz CT molecular complexity index is 819. The molecule has 0 unspecified atom stereocenters. The predicted octanol–water partition coefficient (Wildman–Crippen LogP) is 2.61. The number of amides is 1. The first-order valence-corrected chi connectivity index (χ1v) is 8.32. The smallest absolute Gasteiger partial charge is 0.251 e. The lowest BCUT2D eigenvalue weighted by Gasteiger charge is -2.15. The molecule has 5 heteroatoms. The first-order valence-electron chi connectivity index (χ1n) is 8.32. The van der Waals surface area contributed by atoms with Crippen molar-refractivity contribution in [1.29, 1.82) is 0 Å². The van der Waals surface area contributed by atoms with Crippen molar-refractivity contribution < 1.29 is 9.90 Å². The summed E-state index contributed by atoms with van der Waals surface area (Å²) in [5.41, 5.74) is 2.22. The minimum absolute atomic E-state index is 0.0656. The highest BCUT2D eigenvalue weighted by Gasteiger charge is 2.12. The number of benzene rings is 1. The Morgan fingerprint density at radius 3 is 2.68 bits per heavy atom. The van der Waals surface area contributed by atoms with Gasteiger partial charge in [-0.25, -0.2) is 0 Å². The van der Waals surface area contributed by atoms with E-state index in [-0.39, 0.29) is 11.9 Å². The van der Waals surface area contributed by atoms with Crippen molar-refractivity contribution in [2.45, 2.75) is 46.3 Å². The van der Waals surface area contributed by atoms with Crippen molar-refractivity contribution in [1.82, 2.24) is 15.1 Å². The van der Waals surface area contributed by atoms with Crippen LogP contribution >= 0.6 is 0 Å². The van der Waals surface area contributed by atoms with Crippen molar-refractivity contribution >= 4 is 5.91 Å². The molecule has 0 aliphatic heterocycles. The van der Waals surface area contributed by atoms with Crippen LogP contribution in [0.4, 0.5) is 0 Å². The van der Waals surface area contributed by atoms with E-state index in [1.54, 1.807) is 32.0 Å². The largest absolute Gasteiger partial charge is 0.378 e. The molecule has 0 spiro atoms. The molecule has 1 aromatic heterocycles. The summed E-state index contributed by atoms with van der Waals surface area (Å²) in [4.78, 5) is 12.4. The minimum atomic E-state index is -1.06. The lowest BCUT2D eigenvalue weighted by atomic mass is 10.1. The van der Waals surface area contributed by atoms with Crippen molar-refractivity contribution in [3.8, 4) is 11.8 Å². The molecule has 25 heavy (non-hydrogen) atoms. The summed E-state index contributed by atoms with van der Waals surface area (Å²) in [6.07, 6.45) is 0. The number of aliphatic hydroxyl groups is 1. The van der Waals surface area contributed by atoms with Crippen molar-refractivity contribution in [2.24, 2.45) is 0 Å². The van der Waals surface area contributed by atoms with Gasteiger partial charge >= 0.3 is 0 Å². The van der Waals surface area contributed by atoms with Crippen LogP contribution in [0.3, 0.4) is 0 Å². The molecule has 0 bridgehead atoms. The van der Waals surface area contributed by atoms with Crippen LogP contribution < -0.4 is 5.32 Å². The van der Waals surface area contributed by atoms with E-state index in [1.807, 2.05) is 37.6 Å². The molecule has 1 amide bonds. The highest BCUT2D eigenvalue weighted by atomic mass is 16.3. The van der Waals surface area contributed by atoms with Gasteiger partial charge in [-0.1, -0.05) is 17.9 Å². The van der Waals surface area contributed by atoms with Gasteiger partial charge < -0.3 is 10.4 Å². The molecule has 2 aromatic rings. The average molecular weight is 339 g/mol. The molecule has 1 heterocycles. The zero-order chi connectivity index (χ0) is 18.6. The SMILES string of the molecule is Cc1cc(C)n([C@@H](C)CNC(=O)c2cccc(C#CC(C)(C)O)c2)n1. The predicted molar refractivity (Wildman–Crippen MR) is 98.4 cm³/mol. The van der Waals surface area contributed by atoms with Crippen LogP contribution in [-0.2, 0) is 0 Å². The third-order valence-corrected chi connectivity index (χ3v) is 3.66. The summed E-state index contributed by atoms with van der Waals surface area (Å²) < 4.78 is 1.92. The molecule has 132 valence electrons. The Hall–Kier alpha value is -2.58. The second-order valence-electron chi connectivity index (χ2n) is 6.82. The van der Waals surface area contributed by atoms with E-state index in [9.17, 15) is 9.90 Å². The number of hydrogen-bond donors (Lipinski definition) is 2. The van der Waals surface area contributed by atoms with Gasteiger partial charge in [0, 0.05) is 23.4 Å². The summed E-state index contributed by atoms with van der Waals surface area (Å²) >= 11 is 0. The molecule has 2 rings (SSSR count). The van der Waals surface area contributed by atoms with Crippen LogP contribution in [0.1, 0.15) is 54.1 Å². The Labute approximate surface area is 149 Å². The first kappa shape index (κ1) is 18.8. The number of carbonyl (C=O) groups excluding carboxylic acids is 1. The summed E-state index contributed by atoms with van der Waals surface area (Å²) in [5, 5.41) is 17.1. The molecule has 0 aliphatic carbocycles. The Balaban J connectivity index is 2.03. The summed E-state index contributed by atoms with van der Waals surface area (Å²) in [6.45, 7) is 9.71. The van der Waals surface area contributed by atoms with Crippen molar-refractivity contribution in [2.75, 3.05) is 6.54 Å². The van der Waals surface area contributed by atoms with Crippen molar-refractivity contribution in [3.63, 3.8) is 0 Å². The second-order valence-corrected chi connectivity index (χ2v) is 6.82. The lowest BCUT2D eigenvalue weighted by Crippen LogP contribution is -2.30. The maximum absolute atomic E-state index is 12.4. The van der Waals surface area contributed by atoms with E-state index in [0.717, 1.165) is 11.4 Å². The molecule has 0 radical (unpaired) electrons. The van der Waals surface area contributed by atoms with Gasteiger partial charge in [-0.2, -0.15) is 5.10 Å². The zero-order valence-electron chi connectivity index (χ0n) is 15.4. The van der Waals surface area contributed by atoms with Gasteiger partial charge in [-0.05, 0) is 58.9 Å². The molecular formula is C20H25N3O2. The summed E-state index contributed by atoms with van der Waals surface area (Å²) in [7, 11) is 0. The molecule has 0 saturated heterocycles.